The predicted octanol–water partition coefficient (Wildman–Crippen LogP) is 1.45. The highest BCUT2D eigenvalue weighted by Crippen LogP contribution is 2.31. The molecule has 0 aromatic rings. The lowest BCUT2D eigenvalue weighted by atomic mass is 9.94. The highest BCUT2D eigenvalue weighted by atomic mass is 16.1. The summed E-state index contributed by atoms with van der Waals surface area (Å²) in [6, 6.07) is 0.919. The lowest BCUT2D eigenvalue weighted by Gasteiger charge is -2.31. The van der Waals surface area contributed by atoms with Crippen LogP contribution in [0.15, 0.2) is 0 Å². The van der Waals surface area contributed by atoms with Gasteiger partial charge in [0.25, 0.3) is 0 Å². The van der Waals surface area contributed by atoms with E-state index in [0.29, 0.717) is 5.92 Å². The Labute approximate surface area is 73.9 Å². The number of hydrogen-bond donors (Lipinski definition) is 0. The highest BCUT2D eigenvalue weighted by molar-refractivity contribution is 5.49. The molecule has 68 valence electrons. The van der Waals surface area contributed by atoms with Crippen molar-refractivity contribution in [3.63, 3.8) is 0 Å². The Morgan fingerprint density at radius 3 is 2.33 bits per heavy atom. The van der Waals surface area contributed by atoms with Gasteiger partial charge < -0.3 is 9.69 Å². The summed E-state index contributed by atoms with van der Waals surface area (Å²) in [6.45, 7) is 2.48. The van der Waals surface area contributed by atoms with E-state index in [1.54, 1.807) is 0 Å². The second kappa shape index (κ2) is 3.56. The van der Waals surface area contributed by atoms with Crippen molar-refractivity contribution in [3.8, 4) is 0 Å². The van der Waals surface area contributed by atoms with E-state index in [0.717, 1.165) is 18.7 Å². The summed E-state index contributed by atoms with van der Waals surface area (Å²) < 4.78 is 0. The second-order valence-electron chi connectivity index (χ2n) is 4.11. The zero-order valence-corrected chi connectivity index (χ0v) is 7.54. The number of aldehydes is 1. The molecule has 1 aliphatic heterocycles. The molecule has 0 atom stereocenters. The third-order valence-electron chi connectivity index (χ3n) is 3.14. The van der Waals surface area contributed by atoms with Crippen LogP contribution in [0.25, 0.3) is 0 Å². The molecule has 1 aliphatic carbocycles. The normalized spacial score (nSPS) is 27.3. The number of carbonyl (C=O) groups is 1. The van der Waals surface area contributed by atoms with Gasteiger partial charge in [0.1, 0.15) is 6.29 Å². The monoisotopic (exact) mass is 167 g/mol. The summed E-state index contributed by atoms with van der Waals surface area (Å²) in [5.74, 6) is 0.692. The average Bonchev–Trinajstić information content (AvgIpc) is 2.89. The van der Waals surface area contributed by atoms with Crippen molar-refractivity contribution in [3.05, 3.63) is 0 Å². The molecular formula is C10H17NO. The van der Waals surface area contributed by atoms with Gasteiger partial charge in [-0.25, -0.2) is 0 Å². The molecule has 2 aliphatic rings. The Kier molecular flexibility index (Phi) is 2.45. The summed E-state index contributed by atoms with van der Waals surface area (Å²) in [7, 11) is 0. The van der Waals surface area contributed by atoms with Crippen LogP contribution in [-0.4, -0.2) is 30.3 Å². The summed E-state index contributed by atoms with van der Waals surface area (Å²) >= 11 is 0. The van der Waals surface area contributed by atoms with Crippen molar-refractivity contribution < 1.29 is 4.79 Å². The van der Waals surface area contributed by atoms with Gasteiger partial charge in [0.15, 0.2) is 0 Å². The summed E-state index contributed by atoms with van der Waals surface area (Å²) in [4.78, 5) is 12.9. The molecule has 1 saturated carbocycles. The van der Waals surface area contributed by atoms with Gasteiger partial charge in [-0.15, -0.1) is 0 Å². The summed E-state index contributed by atoms with van der Waals surface area (Å²) in [6.07, 6.45) is 7.19. The number of piperidine rings is 1. The van der Waals surface area contributed by atoms with Gasteiger partial charge >= 0.3 is 0 Å². The first-order valence-electron chi connectivity index (χ1n) is 5.08. The zero-order valence-electron chi connectivity index (χ0n) is 7.54. The SMILES string of the molecule is O=CCC1CCN(C2CC2)CC1. The van der Waals surface area contributed by atoms with E-state index in [-0.39, 0.29) is 0 Å². The molecule has 0 N–H and O–H groups in total. The number of carbonyl (C=O) groups excluding carboxylic acids is 1. The van der Waals surface area contributed by atoms with Crippen molar-refractivity contribution in [2.75, 3.05) is 13.1 Å². The van der Waals surface area contributed by atoms with Crippen molar-refractivity contribution in [1.82, 2.24) is 4.90 Å². The largest absolute Gasteiger partial charge is 0.303 e. The Balaban J connectivity index is 1.72. The maximum absolute atomic E-state index is 10.3. The van der Waals surface area contributed by atoms with E-state index in [4.69, 9.17) is 0 Å². The van der Waals surface area contributed by atoms with Gasteiger partial charge in [-0.3, -0.25) is 0 Å². The number of likely N-dealkylation sites (tertiary alicyclic amines) is 1. The number of rotatable bonds is 3. The van der Waals surface area contributed by atoms with E-state index < -0.39 is 0 Å². The van der Waals surface area contributed by atoms with Gasteiger partial charge in [0, 0.05) is 12.5 Å². The zero-order chi connectivity index (χ0) is 8.39. The first kappa shape index (κ1) is 8.24. The molecule has 1 heterocycles. The van der Waals surface area contributed by atoms with Crippen LogP contribution >= 0.6 is 0 Å². The Morgan fingerprint density at radius 2 is 1.83 bits per heavy atom. The fourth-order valence-corrected chi connectivity index (χ4v) is 2.13. The molecule has 2 fully saturated rings. The minimum Gasteiger partial charge on any atom is -0.303 e. The lowest BCUT2D eigenvalue weighted by Crippen LogP contribution is -2.35. The lowest BCUT2D eigenvalue weighted by molar-refractivity contribution is -0.108. The molecule has 2 nitrogen and oxygen atoms in total. The van der Waals surface area contributed by atoms with Crippen LogP contribution in [0.5, 0.6) is 0 Å². The van der Waals surface area contributed by atoms with Gasteiger partial charge in [-0.1, -0.05) is 0 Å². The molecule has 0 amide bonds. The standard InChI is InChI=1S/C10H17NO/c12-8-5-9-3-6-11(7-4-9)10-1-2-10/h8-10H,1-7H2. The van der Waals surface area contributed by atoms with Crippen molar-refractivity contribution in [1.29, 1.82) is 0 Å². The predicted molar refractivity (Wildman–Crippen MR) is 48.0 cm³/mol. The Hall–Kier alpha value is -0.370. The summed E-state index contributed by atoms with van der Waals surface area (Å²) in [5.41, 5.74) is 0. The first-order chi connectivity index (χ1) is 5.90. The van der Waals surface area contributed by atoms with Crippen LogP contribution in [0.4, 0.5) is 0 Å². The van der Waals surface area contributed by atoms with E-state index in [9.17, 15) is 4.79 Å². The van der Waals surface area contributed by atoms with E-state index in [1.165, 1.54) is 38.8 Å². The fraction of sp³-hybridized carbons (Fsp3) is 0.900. The molecule has 0 aromatic heterocycles. The third-order valence-corrected chi connectivity index (χ3v) is 3.14. The van der Waals surface area contributed by atoms with Crippen LogP contribution in [0.2, 0.25) is 0 Å². The minimum absolute atomic E-state index is 0.692. The van der Waals surface area contributed by atoms with E-state index in [2.05, 4.69) is 4.90 Å². The van der Waals surface area contributed by atoms with Crippen molar-refractivity contribution in [2.24, 2.45) is 5.92 Å². The molecule has 0 spiro atoms. The Morgan fingerprint density at radius 1 is 1.17 bits per heavy atom. The quantitative estimate of drug-likeness (QED) is 0.593. The number of hydrogen-bond acceptors (Lipinski definition) is 2. The molecule has 0 bridgehead atoms. The minimum atomic E-state index is 0.692. The van der Waals surface area contributed by atoms with E-state index in [1.807, 2.05) is 0 Å². The van der Waals surface area contributed by atoms with Gasteiger partial charge in [-0.2, -0.15) is 0 Å². The van der Waals surface area contributed by atoms with E-state index >= 15 is 0 Å². The van der Waals surface area contributed by atoms with Crippen LogP contribution < -0.4 is 0 Å². The maximum atomic E-state index is 10.3. The maximum Gasteiger partial charge on any atom is 0.120 e. The van der Waals surface area contributed by atoms with Crippen molar-refractivity contribution in [2.45, 2.75) is 38.1 Å². The number of nitrogens with zero attached hydrogens (tertiary/aromatic N) is 1. The van der Waals surface area contributed by atoms with Gasteiger partial charge in [0.2, 0.25) is 0 Å². The van der Waals surface area contributed by atoms with Gasteiger partial charge in [-0.05, 0) is 44.7 Å². The van der Waals surface area contributed by atoms with Crippen LogP contribution in [0.3, 0.4) is 0 Å². The molecule has 0 radical (unpaired) electrons. The molecule has 2 heteroatoms. The molecule has 0 unspecified atom stereocenters. The van der Waals surface area contributed by atoms with Crippen molar-refractivity contribution >= 4 is 6.29 Å². The van der Waals surface area contributed by atoms with Crippen LogP contribution in [0.1, 0.15) is 32.1 Å². The third kappa shape index (κ3) is 1.86. The first-order valence-corrected chi connectivity index (χ1v) is 5.08. The Bertz CT molecular complexity index is 157. The smallest absolute Gasteiger partial charge is 0.120 e. The van der Waals surface area contributed by atoms with Gasteiger partial charge in [0.05, 0.1) is 0 Å². The molecular weight excluding hydrogens is 150 g/mol. The van der Waals surface area contributed by atoms with Crippen LogP contribution in [0, 0.1) is 5.92 Å². The fourth-order valence-electron chi connectivity index (χ4n) is 2.13. The molecule has 12 heavy (non-hydrogen) atoms. The summed E-state index contributed by atoms with van der Waals surface area (Å²) in [5, 5.41) is 0. The molecule has 0 aromatic carbocycles. The molecule has 1 saturated heterocycles. The average molecular weight is 167 g/mol. The van der Waals surface area contributed by atoms with Crippen LogP contribution in [-0.2, 0) is 4.79 Å². The highest BCUT2D eigenvalue weighted by Gasteiger charge is 2.31. The second-order valence-corrected chi connectivity index (χ2v) is 4.11. The molecule has 2 rings (SSSR count). The topological polar surface area (TPSA) is 20.3 Å².